The topological polar surface area (TPSA) is 92.2 Å². The maximum Gasteiger partial charge on any atom is 1.00 e. The Morgan fingerprint density at radius 2 is 0.559 bits per heavy atom. The summed E-state index contributed by atoms with van der Waals surface area (Å²) in [7, 11) is -5.29. The number of benzene rings is 4. The maximum atomic E-state index is 8.49. The summed E-state index contributed by atoms with van der Waals surface area (Å²) in [6.07, 6.45) is 0. The van der Waals surface area contributed by atoms with Crippen LogP contribution in [-0.2, 0) is 22.4 Å². The molecule has 0 amide bonds. The number of halogens is 1. The molecule has 0 aromatic heterocycles. The van der Waals surface area contributed by atoms with Gasteiger partial charge in [-0.25, -0.2) is 18.6 Å². The molecule has 34 heavy (non-hydrogen) atoms. The second-order valence-corrected chi connectivity index (χ2v) is 11.9. The summed E-state index contributed by atoms with van der Waals surface area (Å²) in [5.74, 6) is 0. The van der Waals surface area contributed by atoms with Gasteiger partial charge in [0.15, 0.2) is 0 Å². The third-order valence-electron chi connectivity index (χ3n) is 4.57. The van der Waals surface area contributed by atoms with Gasteiger partial charge < -0.3 is 0 Å². The molecule has 4 nitrogen and oxygen atoms in total. The van der Waals surface area contributed by atoms with Crippen molar-refractivity contribution in [2.45, 2.75) is 0 Å². The zero-order chi connectivity index (χ0) is 24.1. The Morgan fingerprint density at radius 3 is 0.706 bits per heavy atom. The molecule has 0 saturated carbocycles. The van der Waals surface area contributed by atoms with E-state index < -0.39 is 10.2 Å². The molecule has 0 aliphatic rings. The fourth-order valence-corrected chi connectivity index (χ4v) is 5.98. The van der Waals surface area contributed by atoms with Crippen molar-refractivity contribution in [3.05, 3.63) is 121 Å². The normalized spacial score (nSPS) is 10.4. The van der Waals surface area contributed by atoms with E-state index in [-0.39, 0.29) is 38.2 Å². The Hall–Kier alpha value is -1.39. The second-order valence-electron chi connectivity index (χ2n) is 6.84. The first-order valence-electron chi connectivity index (χ1n) is 10.0. The first-order chi connectivity index (χ1) is 15.8. The van der Waals surface area contributed by atoms with E-state index in [4.69, 9.17) is 18.6 Å². The summed E-state index contributed by atoms with van der Waals surface area (Å²) in [6.45, 7) is 4.61. The van der Waals surface area contributed by atoms with Crippen LogP contribution in [0.25, 0.3) is 0 Å². The van der Waals surface area contributed by atoms with Crippen LogP contribution < -0.4 is 39.9 Å². The Bertz CT molecular complexity index is 872. The van der Waals surface area contributed by atoms with E-state index in [0.29, 0.717) is 0 Å². The average molecular weight is 697 g/mol. The van der Waals surface area contributed by atoms with Crippen molar-refractivity contribution < 1.29 is 51.3 Å². The maximum absolute atomic E-state index is 8.49. The summed E-state index contributed by atoms with van der Waals surface area (Å²) in [4.78, 5) is 0. The van der Waals surface area contributed by atoms with Crippen molar-refractivity contribution in [1.82, 2.24) is 0 Å². The quantitative estimate of drug-likeness (QED) is 0.233. The Morgan fingerprint density at radius 1 is 0.412 bits per heavy atom. The number of rotatable bonds is 4. The molecule has 0 fully saturated rings. The molecule has 0 N–H and O–H groups in total. The van der Waals surface area contributed by atoms with Gasteiger partial charge in [-0.15, -0.1) is 10.2 Å². The van der Waals surface area contributed by atoms with Gasteiger partial charge in [-0.05, 0) is 50.4 Å². The second kappa shape index (κ2) is 16.3. The Labute approximate surface area is 222 Å². The van der Waals surface area contributed by atoms with E-state index in [9.17, 15) is 0 Å². The van der Waals surface area contributed by atoms with Gasteiger partial charge in [-0.1, -0.05) is 121 Å². The van der Waals surface area contributed by atoms with Crippen molar-refractivity contribution in [1.29, 1.82) is 0 Å². The SMILES string of the molecule is CP(c1ccccc1)c1ccccc1.CP(c1ccccc1)c1ccccc1.[Au+].[O-][Cl+3]([O-])([O-])[O-]. The van der Waals surface area contributed by atoms with E-state index in [1.807, 2.05) is 0 Å². The van der Waals surface area contributed by atoms with E-state index in [1.165, 1.54) is 21.2 Å². The van der Waals surface area contributed by atoms with Gasteiger partial charge in [-0.3, -0.25) is 0 Å². The van der Waals surface area contributed by atoms with Gasteiger partial charge in [-0.2, -0.15) is 0 Å². The molecule has 0 bridgehead atoms. The van der Waals surface area contributed by atoms with Crippen LogP contribution in [0.15, 0.2) is 121 Å². The van der Waals surface area contributed by atoms with E-state index in [1.54, 1.807) is 0 Å². The zero-order valence-electron chi connectivity index (χ0n) is 18.8. The summed E-state index contributed by atoms with van der Waals surface area (Å²) >= 11 is 0. The molecule has 4 aromatic rings. The zero-order valence-corrected chi connectivity index (χ0v) is 23.5. The van der Waals surface area contributed by atoms with E-state index in [0.717, 1.165) is 0 Å². The van der Waals surface area contributed by atoms with E-state index in [2.05, 4.69) is 135 Å². The van der Waals surface area contributed by atoms with Crippen molar-refractivity contribution in [2.75, 3.05) is 13.3 Å². The predicted molar refractivity (Wildman–Crippen MR) is 130 cm³/mol. The fourth-order valence-electron chi connectivity index (χ4n) is 2.90. The molecule has 0 heterocycles. The molecular weight excluding hydrogens is 671 g/mol. The Balaban J connectivity index is 0.000000278. The van der Waals surface area contributed by atoms with Gasteiger partial charge in [0.1, 0.15) is 0 Å². The van der Waals surface area contributed by atoms with Crippen LogP contribution in [-0.4, -0.2) is 13.3 Å². The molecule has 0 saturated heterocycles. The molecule has 0 unspecified atom stereocenters. The molecule has 4 aromatic carbocycles. The summed E-state index contributed by atoms with van der Waals surface area (Å²) in [6, 6.07) is 42.8. The van der Waals surface area contributed by atoms with Gasteiger partial charge in [0, 0.05) is 0 Å². The summed E-state index contributed by atoms with van der Waals surface area (Å²) < 4.78 is 34.0. The van der Waals surface area contributed by atoms with Crippen LogP contribution in [0.5, 0.6) is 0 Å². The first kappa shape index (κ1) is 30.6. The average Bonchev–Trinajstić information content (AvgIpc) is 2.85. The third kappa shape index (κ3) is 12.4. The molecular formula is C26H26AuClO4P2. The first-order valence-corrected chi connectivity index (χ1v) is 14.9. The van der Waals surface area contributed by atoms with Crippen LogP contribution in [0.2, 0.25) is 0 Å². The van der Waals surface area contributed by atoms with Crippen molar-refractivity contribution >= 4 is 37.1 Å². The van der Waals surface area contributed by atoms with Gasteiger partial charge in [0.2, 0.25) is 0 Å². The smallest absolute Gasteiger partial charge is 0.222 e. The van der Waals surface area contributed by atoms with Crippen molar-refractivity contribution in [3.63, 3.8) is 0 Å². The van der Waals surface area contributed by atoms with Gasteiger partial charge >= 0.3 is 22.4 Å². The van der Waals surface area contributed by atoms with Crippen LogP contribution in [0.3, 0.4) is 0 Å². The minimum absolute atomic E-state index is 0. The minimum atomic E-state index is -4.94. The van der Waals surface area contributed by atoms with Crippen LogP contribution >= 0.6 is 15.8 Å². The molecule has 0 spiro atoms. The van der Waals surface area contributed by atoms with Crippen molar-refractivity contribution in [2.24, 2.45) is 0 Å². The predicted octanol–water partition coefficient (Wildman–Crippen LogP) is 0.740. The Kier molecular flexibility index (Phi) is 14.7. The van der Waals surface area contributed by atoms with Gasteiger partial charge in [0.05, 0.1) is 0 Å². The molecule has 0 aliphatic carbocycles. The molecule has 0 aliphatic heterocycles. The monoisotopic (exact) mass is 696 g/mol. The summed E-state index contributed by atoms with van der Waals surface area (Å²) in [5, 5.41) is 5.75. The number of hydrogen-bond acceptors (Lipinski definition) is 4. The van der Waals surface area contributed by atoms with Crippen LogP contribution in [0.4, 0.5) is 0 Å². The molecule has 0 atom stereocenters. The summed E-state index contributed by atoms with van der Waals surface area (Å²) in [5.41, 5.74) is 0. The molecule has 4 rings (SSSR count). The molecule has 8 heteroatoms. The third-order valence-corrected chi connectivity index (χ3v) is 8.86. The van der Waals surface area contributed by atoms with E-state index >= 15 is 0 Å². The minimum Gasteiger partial charge on any atom is -0.222 e. The van der Waals surface area contributed by atoms with Crippen molar-refractivity contribution in [3.8, 4) is 0 Å². The van der Waals surface area contributed by atoms with Crippen LogP contribution in [0, 0.1) is 10.2 Å². The number of hydrogen-bond donors (Lipinski definition) is 0. The van der Waals surface area contributed by atoms with Gasteiger partial charge in [0.25, 0.3) is 0 Å². The molecule has 182 valence electrons. The molecule has 0 radical (unpaired) electrons. The largest absolute Gasteiger partial charge is 1.00 e. The van der Waals surface area contributed by atoms with Crippen LogP contribution in [0.1, 0.15) is 0 Å². The fraction of sp³-hybridized carbons (Fsp3) is 0.0769. The standard InChI is InChI=1S/2C13H13P.Au.ClHO4/c2*1-14(12-8-4-2-5-9-12)13-10-6-3-7-11-13;;2-1(3,4)5/h2*2-11H,1H3;;(H,2,3,4,5)/q;;+1;/p-1.